The van der Waals surface area contributed by atoms with Crippen LogP contribution in [0.1, 0.15) is 0 Å². The largest absolute Gasteiger partial charge is 0.455 e. The van der Waals surface area contributed by atoms with Crippen molar-refractivity contribution in [2.75, 3.05) is 4.90 Å². The minimum atomic E-state index is 0.909. The maximum Gasteiger partial charge on any atom is 0.143 e. The third-order valence-corrected chi connectivity index (χ3v) is 11.3. The molecular weight excluding hydrogens is 629 g/mol. The molecule has 3 heterocycles. The van der Waals surface area contributed by atoms with E-state index in [0.29, 0.717) is 0 Å². The van der Waals surface area contributed by atoms with Crippen molar-refractivity contribution in [3.05, 3.63) is 170 Å². The van der Waals surface area contributed by atoms with Crippen LogP contribution >= 0.6 is 11.3 Å². The molecule has 234 valence electrons. The molecule has 3 nitrogen and oxygen atoms in total. The smallest absolute Gasteiger partial charge is 0.143 e. The van der Waals surface area contributed by atoms with Crippen LogP contribution in [0.4, 0.5) is 17.1 Å². The standard InChI is InChI=1S/C46H28N2OS/c1-2-10-30(11-3-1)48-41-15-7-4-12-34(41)35-24-21-32(27-42(35)48)47(33-22-25-38-37-14-6-9-17-44(37)50-45(38)28-33)31-20-18-29-19-23-39-36-13-5-8-16-43(36)49-46(39)40(29)26-31/h1-28H. The third-order valence-electron chi connectivity index (χ3n) is 10.2. The number of nitrogens with zero attached hydrogens (tertiary/aromatic N) is 2. The molecule has 4 heteroatoms. The van der Waals surface area contributed by atoms with Crippen LogP contribution < -0.4 is 4.90 Å². The van der Waals surface area contributed by atoms with Crippen LogP contribution in [0.2, 0.25) is 0 Å². The van der Waals surface area contributed by atoms with Crippen LogP contribution in [0.25, 0.3) is 80.4 Å². The van der Waals surface area contributed by atoms with E-state index in [-0.39, 0.29) is 0 Å². The highest BCUT2D eigenvalue weighted by molar-refractivity contribution is 7.25. The Labute approximate surface area is 291 Å². The number of aromatic nitrogens is 1. The molecule has 0 aliphatic heterocycles. The Morgan fingerprint density at radius 2 is 1.04 bits per heavy atom. The summed E-state index contributed by atoms with van der Waals surface area (Å²) in [6.07, 6.45) is 0. The fraction of sp³-hybridized carbons (Fsp3) is 0. The second kappa shape index (κ2) is 10.6. The molecule has 0 spiro atoms. The summed E-state index contributed by atoms with van der Waals surface area (Å²) in [5.74, 6) is 0. The quantitative estimate of drug-likeness (QED) is 0.188. The first-order chi connectivity index (χ1) is 24.8. The molecule has 0 amide bonds. The van der Waals surface area contributed by atoms with Crippen molar-refractivity contribution in [3.8, 4) is 5.69 Å². The molecule has 0 atom stereocenters. The second-order valence-corrected chi connectivity index (χ2v) is 14.0. The summed E-state index contributed by atoms with van der Waals surface area (Å²) in [6.45, 7) is 0. The summed E-state index contributed by atoms with van der Waals surface area (Å²) in [4.78, 5) is 2.40. The fourth-order valence-electron chi connectivity index (χ4n) is 7.88. The van der Waals surface area contributed by atoms with Crippen molar-refractivity contribution in [2.24, 2.45) is 0 Å². The summed E-state index contributed by atoms with van der Waals surface area (Å²) in [5, 5.41) is 9.60. The molecule has 11 aromatic rings. The van der Waals surface area contributed by atoms with Crippen molar-refractivity contribution >= 4 is 103 Å². The second-order valence-electron chi connectivity index (χ2n) is 12.9. The van der Waals surface area contributed by atoms with Crippen molar-refractivity contribution in [2.45, 2.75) is 0 Å². The van der Waals surface area contributed by atoms with Crippen molar-refractivity contribution in [3.63, 3.8) is 0 Å². The first-order valence-electron chi connectivity index (χ1n) is 16.9. The van der Waals surface area contributed by atoms with Gasteiger partial charge in [0.2, 0.25) is 0 Å². The van der Waals surface area contributed by atoms with Gasteiger partial charge in [-0.05, 0) is 78.2 Å². The van der Waals surface area contributed by atoms with Crippen LogP contribution in [-0.2, 0) is 0 Å². The average Bonchev–Trinajstić information content (AvgIpc) is 3.84. The molecule has 0 saturated carbocycles. The zero-order valence-corrected chi connectivity index (χ0v) is 27.7. The highest BCUT2D eigenvalue weighted by Crippen LogP contribution is 2.44. The number of hydrogen-bond acceptors (Lipinski definition) is 3. The van der Waals surface area contributed by atoms with Crippen LogP contribution in [0.15, 0.2) is 174 Å². The topological polar surface area (TPSA) is 21.3 Å². The molecule has 0 N–H and O–H groups in total. The molecule has 0 fully saturated rings. The van der Waals surface area contributed by atoms with Gasteiger partial charge >= 0.3 is 0 Å². The molecule has 3 aromatic heterocycles. The molecule has 0 unspecified atom stereocenters. The highest BCUT2D eigenvalue weighted by atomic mass is 32.1. The zero-order chi connectivity index (χ0) is 32.8. The Morgan fingerprint density at radius 3 is 1.94 bits per heavy atom. The molecule has 50 heavy (non-hydrogen) atoms. The number of rotatable bonds is 4. The predicted molar refractivity (Wildman–Crippen MR) is 213 cm³/mol. The summed E-state index contributed by atoms with van der Waals surface area (Å²) >= 11 is 1.85. The Morgan fingerprint density at radius 1 is 0.420 bits per heavy atom. The predicted octanol–water partition coefficient (Wildman–Crippen LogP) is 13.7. The van der Waals surface area contributed by atoms with Gasteiger partial charge in [-0.25, -0.2) is 0 Å². The number of hydrogen-bond donors (Lipinski definition) is 0. The van der Waals surface area contributed by atoms with E-state index >= 15 is 0 Å². The molecule has 0 aliphatic carbocycles. The molecule has 0 saturated heterocycles. The number of furan rings is 1. The minimum absolute atomic E-state index is 0.909. The van der Waals surface area contributed by atoms with E-state index in [1.54, 1.807) is 0 Å². The molecule has 11 rings (SSSR count). The van der Waals surface area contributed by atoms with Crippen molar-refractivity contribution < 1.29 is 4.42 Å². The lowest BCUT2D eigenvalue weighted by molar-refractivity contribution is 0.672. The highest BCUT2D eigenvalue weighted by Gasteiger charge is 2.20. The Kier molecular flexibility index (Phi) is 5.83. The maximum atomic E-state index is 6.54. The average molecular weight is 657 g/mol. The minimum Gasteiger partial charge on any atom is -0.455 e. The Balaban J connectivity index is 1.19. The lowest BCUT2D eigenvalue weighted by Crippen LogP contribution is -2.10. The first-order valence-corrected chi connectivity index (χ1v) is 17.7. The van der Waals surface area contributed by atoms with Crippen LogP contribution in [0.5, 0.6) is 0 Å². The van der Waals surface area contributed by atoms with E-state index in [0.717, 1.165) is 55.5 Å². The van der Waals surface area contributed by atoms with Crippen LogP contribution in [0.3, 0.4) is 0 Å². The number of para-hydroxylation sites is 3. The molecule has 0 aliphatic rings. The van der Waals surface area contributed by atoms with Gasteiger partial charge in [0.25, 0.3) is 0 Å². The monoisotopic (exact) mass is 656 g/mol. The van der Waals surface area contributed by atoms with Gasteiger partial charge in [0.05, 0.1) is 11.0 Å². The van der Waals surface area contributed by atoms with E-state index in [1.807, 2.05) is 17.4 Å². The Hall–Kier alpha value is -6.36. The van der Waals surface area contributed by atoms with Gasteiger partial charge in [0.1, 0.15) is 11.2 Å². The van der Waals surface area contributed by atoms with Gasteiger partial charge < -0.3 is 13.9 Å². The van der Waals surface area contributed by atoms with Crippen LogP contribution in [0, 0.1) is 0 Å². The molecule has 8 aromatic carbocycles. The van der Waals surface area contributed by atoms with E-state index in [1.165, 1.54) is 42.0 Å². The molecule has 0 bridgehead atoms. The van der Waals surface area contributed by atoms with Gasteiger partial charge in [-0.3, -0.25) is 0 Å². The maximum absolute atomic E-state index is 6.54. The number of fused-ring (bicyclic) bond motifs is 11. The molecule has 0 radical (unpaired) electrons. The number of anilines is 3. The third kappa shape index (κ3) is 4.03. The van der Waals surface area contributed by atoms with Gasteiger partial charge in [-0.15, -0.1) is 11.3 Å². The van der Waals surface area contributed by atoms with Crippen molar-refractivity contribution in [1.29, 1.82) is 0 Å². The zero-order valence-electron chi connectivity index (χ0n) is 26.9. The van der Waals surface area contributed by atoms with Crippen LogP contribution in [-0.4, -0.2) is 4.57 Å². The normalized spacial score (nSPS) is 12.0. The summed E-state index contributed by atoms with van der Waals surface area (Å²) in [6, 6.07) is 61.4. The van der Waals surface area contributed by atoms with E-state index < -0.39 is 0 Å². The van der Waals surface area contributed by atoms with Gasteiger partial charge in [0, 0.05) is 69.9 Å². The summed E-state index contributed by atoms with van der Waals surface area (Å²) in [7, 11) is 0. The SMILES string of the molecule is c1ccc(-n2c3ccccc3c3ccc(N(c4ccc5c(c4)sc4ccccc45)c4ccc5ccc6c7ccccc7oc6c5c4)cc32)cc1. The summed E-state index contributed by atoms with van der Waals surface area (Å²) in [5.41, 5.74) is 8.62. The van der Waals surface area contributed by atoms with E-state index in [4.69, 9.17) is 4.42 Å². The summed E-state index contributed by atoms with van der Waals surface area (Å²) < 4.78 is 11.5. The lowest BCUT2D eigenvalue weighted by Gasteiger charge is -2.26. The molecular formula is C46H28N2OS. The van der Waals surface area contributed by atoms with Crippen molar-refractivity contribution in [1.82, 2.24) is 4.57 Å². The van der Waals surface area contributed by atoms with Gasteiger partial charge in [-0.1, -0.05) is 97.1 Å². The fourth-order valence-corrected chi connectivity index (χ4v) is 9.02. The number of thiophene rings is 1. The van der Waals surface area contributed by atoms with E-state index in [9.17, 15) is 0 Å². The Bertz CT molecular complexity index is 3110. The number of benzene rings is 8. The first kappa shape index (κ1) is 27.6. The lowest BCUT2D eigenvalue weighted by atomic mass is 10.0. The van der Waals surface area contributed by atoms with Gasteiger partial charge in [0.15, 0.2) is 0 Å². The van der Waals surface area contributed by atoms with Gasteiger partial charge in [-0.2, -0.15) is 0 Å². The van der Waals surface area contributed by atoms with E-state index in [2.05, 4.69) is 173 Å².